The number of rotatable bonds is 5. The molecule has 3 aromatic rings. The molecular weight excluding hydrogens is 537 g/mol. The first-order valence-corrected chi connectivity index (χ1v) is 11.6. The van der Waals surface area contributed by atoms with Crippen LogP contribution in [-0.2, 0) is 16.6 Å². The monoisotopic (exact) mass is 557 g/mol. The molecule has 0 fully saturated rings. The van der Waals surface area contributed by atoms with Gasteiger partial charge in [0.25, 0.3) is 10.2 Å². The van der Waals surface area contributed by atoms with E-state index in [1.54, 1.807) is 44.4 Å². The standard InChI is InChI=1S/C20H20IN3O6S/c1-11-14-9-16(21)18(30-20(26)24(2)3)10-17(14)29-19(25)15(11)8-12-5-4-6-13(7-12)23-31(22,27)28/h4-7,9-10,23H,8H2,1-3H3,(H2,22,27,28). The Hall–Kier alpha value is -2.64. The summed E-state index contributed by atoms with van der Waals surface area (Å²) in [4.78, 5) is 25.8. The van der Waals surface area contributed by atoms with Crippen molar-refractivity contribution in [2.75, 3.05) is 18.8 Å². The molecule has 3 rings (SSSR count). The van der Waals surface area contributed by atoms with E-state index in [0.29, 0.717) is 37.1 Å². The van der Waals surface area contributed by atoms with E-state index in [1.165, 1.54) is 11.0 Å². The van der Waals surface area contributed by atoms with Gasteiger partial charge in [-0.3, -0.25) is 4.72 Å². The molecule has 0 atom stereocenters. The maximum Gasteiger partial charge on any atom is 0.414 e. The van der Waals surface area contributed by atoms with Crippen molar-refractivity contribution in [1.82, 2.24) is 4.90 Å². The molecule has 0 aliphatic rings. The molecule has 164 valence electrons. The Morgan fingerprint density at radius 2 is 1.97 bits per heavy atom. The van der Waals surface area contributed by atoms with E-state index in [0.717, 1.165) is 5.56 Å². The molecule has 9 nitrogen and oxygen atoms in total. The molecular formula is C20H20IN3O6S. The number of ether oxygens (including phenoxy) is 1. The highest BCUT2D eigenvalue weighted by Crippen LogP contribution is 2.30. The Morgan fingerprint density at radius 1 is 1.26 bits per heavy atom. The summed E-state index contributed by atoms with van der Waals surface area (Å²) in [6.07, 6.45) is -0.306. The van der Waals surface area contributed by atoms with Crippen LogP contribution < -0.4 is 20.2 Å². The number of fused-ring (bicyclic) bond motifs is 1. The van der Waals surface area contributed by atoms with Crippen LogP contribution in [0.25, 0.3) is 11.0 Å². The van der Waals surface area contributed by atoms with Crippen LogP contribution >= 0.6 is 22.6 Å². The van der Waals surface area contributed by atoms with Crippen molar-refractivity contribution in [2.45, 2.75) is 13.3 Å². The predicted molar refractivity (Wildman–Crippen MR) is 126 cm³/mol. The average molecular weight is 557 g/mol. The molecule has 1 heterocycles. The molecule has 31 heavy (non-hydrogen) atoms. The lowest BCUT2D eigenvalue weighted by Crippen LogP contribution is -2.25. The highest BCUT2D eigenvalue weighted by atomic mass is 127. The zero-order valence-corrected chi connectivity index (χ0v) is 19.9. The van der Waals surface area contributed by atoms with Gasteiger partial charge in [-0.15, -0.1) is 0 Å². The van der Waals surface area contributed by atoms with Gasteiger partial charge in [0.05, 0.1) is 9.26 Å². The lowest BCUT2D eigenvalue weighted by Gasteiger charge is -2.14. The number of amides is 1. The van der Waals surface area contributed by atoms with Gasteiger partial charge in [-0.25, -0.2) is 14.7 Å². The molecule has 0 radical (unpaired) electrons. The minimum Gasteiger partial charge on any atom is -0.422 e. The summed E-state index contributed by atoms with van der Waals surface area (Å²) < 4.78 is 36.2. The van der Waals surface area contributed by atoms with E-state index in [-0.39, 0.29) is 6.42 Å². The largest absolute Gasteiger partial charge is 0.422 e. The van der Waals surface area contributed by atoms with Crippen molar-refractivity contribution in [3.63, 3.8) is 0 Å². The number of carbonyl (C=O) groups excluding carboxylic acids is 1. The van der Waals surface area contributed by atoms with E-state index in [4.69, 9.17) is 14.3 Å². The van der Waals surface area contributed by atoms with Gasteiger partial charge in [-0.1, -0.05) is 12.1 Å². The number of anilines is 1. The van der Waals surface area contributed by atoms with Crippen molar-refractivity contribution >= 4 is 55.6 Å². The maximum absolute atomic E-state index is 12.7. The van der Waals surface area contributed by atoms with Crippen LogP contribution in [0, 0.1) is 10.5 Å². The third-order valence-corrected chi connectivity index (χ3v) is 5.83. The van der Waals surface area contributed by atoms with Crippen LogP contribution in [0.3, 0.4) is 0 Å². The fourth-order valence-electron chi connectivity index (χ4n) is 2.97. The molecule has 2 aromatic carbocycles. The van der Waals surface area contributed by atoms with Crippen molar-refractivity contribution in [1.29, 1.82) is 0 Å². The number of carbonyl (C=O) groups is 1. The topological polar surface area (TPSA) is 132 Å². The zero-order chi connectivity index (χ0) is 22.9. The Balaban J connectivity index is 2.00. The van der Waals surface area contributed by atoms with Gasteiger partial charge >= 0.3 is 11.7 Å². The van der Waals surface area contributed by atoms with Crippen LogP contribution in [0.1, 0.15) is 16.7 Å². The molecule has 1 aromatic heterocycles. The molecule has 0 saturated carbocycles. The predicted octanol–water partition coefficient (Wildman–Crippen LogP) is 2.97. The second kappa shape index (κ2) is 8.85. The molecule has 0 bridgehead atoms. The Labute approximate surface area is 192 Å². The van der Waals surface area contributed by atoms with Gasteiger partial charge in [-0.05, 0) is 58.8 Å². The highest BCUT2D eigenvalue weighted by molar-refractivity contribution is 14.1. The summed E-state index contributed by atoms with van der Waals surface area (Å²) in [5.74, 6) is 0.295. The summed E-state index contributed by atoms with van der Waals surface area (Å²) >= 11 is 2.05. The number of halogens is 1. The number of nitrogens with zero attached hydrogens (tertiary/aromatic N) is 1. The molecule has 1 amide bonds. The summed E-state index contributed by atoms with van der Waals surface area (Å²) in [5, 5.41) is 5.73. The first-order chi connectivity index (χ1) is 14.4. The Morgan fingerprint density at radius 3 is 2.61 bits per heavy atom. The molecule has 3 N–H and O–H groups in total. The normalized spacial score (nSPS) is 11.4. The maximum atomic E-state index is 12.7. The summed E-state index contributed by atoms with van der Waals surface area (Å²) in [7, 11) is -0.765. The minimum atomic E-state index is -3.90. The summed E-state index contributed by atoms with van der Waals surface area (Å²) in [5.41, 5.74) is 1.94. The second-order valence-corrected chi connectivity index (χ2v) is 9.51. The number of nitrogens with one attached hydrogen (secondary N) is 1. The number of hydrogen-bond acceptors (Lipinski definition) is 6. The van der Waals surface area contributed by atoms with Gasteiger partial charge in [0, 0.05) is 37.5 Å². The fraction of sp³-hybridized carbons (Fsp3) is 0.200. The molecule has 0 unspecified atom stereocenters. The van der Waals surface area contributed by atoms with E-state index >= 15 is 0 Å². The van der Waals surface area contributed by atoms with Crippen LogP contribution in [-0.4, -0.2) is 33.5 Å². The first-order valence-electron chi connectivity index (χ1n) is 8.99. The van der Waals surface area contributed by atoms with Crippen molar-refractivity contribution < 1.29 is 22.4 Å². The number of benzene rings is 2. The average Bonchev–Trinajstić information content (AvgIpc) is 2.65. The van der Waals surface area contributed by atoms with Crippen LogP contribution in [0.5, 0.6) is 5.75 Å². The third kappa shape index (κ3) is 5.54. The van der Waals surface area contributed by atoms with Gasteiger partial charge in [-0.2, -0.15) is 8.42 Å². The first kappa shape index (κ1) is 23.0. The molecule has 0 aliphatic carbocycles. The van der Waals surface area contributed by atoms with Gasteiger partial charge < -0.3 is 14.1 Å². The van der Waals surface area contributed by atoms with Crippen LogP contribution in [0.15, 0.2) is 45.6 Å². The Bertz CT molecular complexity index is 1330. The minimum absolute atomic E-state index is 0.234. The quantitative estimate of drug-likeness (QED) is 0.366. The van der Waals surface area contributed by atoms with E-state index in [2.05, 4.69) is 27.3 Å². The summed E-state index contributed by atoms with van der Waals surface area (Å²) in [6.45, 7) is 1.81. The fourth-order valence-corrected chi connectivity index (χ4v) is 4.00. The highest BCUT2D eigenvalue weighted by Gasteiger charge is 2.17. The smallest absolute Gasteiger partial charge is 0.414 e. The molecule has 0 aliphatic heterocycles. The molecule has 0 spiro atoms. The number of hydrogen-bond donors (Lipinski definition) is 2. The number of aryl methyl sites for hydroxylation is 1. The third-order valence-electron chi connectivity index (χ3n) is 4.47. The lowest BCUT2D eigenvalue weighted by atomic mass is 9.99. The SMILES string of the molecule is Cc1c(Cc2cccc(NS(N)(=O)=O)c2)c(=O)oc2cc(OC(=O)N(C)C)c(I)cc12. The number of nitrogens with two attached hydrogens (primary N) is 1. The van der Waals surface area contributed by atoms with Crippen molar-refractivity contribution in [3.8, 4) is 5.75 Å². The van der Waals surface area contributed by atoms with Crippen molar-refractivity contribution in [2.24, 2.45) is 5.14 Å². The van der Waals surface area contributed by atoms with Gasteiger partial charge in [0.1, 0.15) is 11.3 Å². The van der Waals surface area contributed by atoms with Gasteiger partial charge in [0.15, 0.2) is 0 Å². The van der Waals surface area contributed by atoms with Crippen LogP contribution in [0.4, 0.5) is 10.5 Å². The van der Waals surface area contributed by atoms with Crippen LogP contribution in [0.2, 0.25) is 0 Å². The van der Waals surface area contributed by atoms with Crippen molar-refractivity contribution in [3.05, 3.63) is 67.1 Å². The summed E-state index contributed by atoms with van der Waals surface area (Å²) in [6, 6.07) is 9.89. The second-order valence-electron chi connectivity index (χ2n) is 7.06. The Kier molecular flexibility index (Phi) is 6.57. The van der Waals surface area contributed by atoms with E-state index in [1.807, 2.05) is 6.92 Å². The zero-order valence-electron chi connectivity index (χ0n) is 16.9. The lowest BCUT2D eigenvalue weighted by molar-refractivity contribution is 0.171. The van der Waals surface area contributed by atoms with E-state index < -0.39 is 21.9 Å². The molecule has 0 saturated heterocycles. The van der Waals surface area contributed by atoms with E-state index in [9.17, 15) is 18.0 Å². The molecule has 11 heteroatoms. The van der Waals surface area contributed by atoms with Gasteiger partial charge in [0.2, 0.25) is 0 Å².